The molecule has 1 heterocycles. The van der Waals surface area contributed by atoms with Gasteiger partial charge in [0.2, 0.25) is 0 Å². The fourth-order valence-corrected chi connectivity index (χ4v) is 4.35. The summed E-state index contributed by atoms with van der Waals surface area (Å²) in [5.74, 6) is -0.942. The van der Waals surface area contributed by atoms with Gasteiger partial charge in [0.1, 0.15) is 11.5 Å². The Bertz CT molecular complexity index is 1260. The van der Waals surface area contributed by atoms with Crippen molar-refractivity contribution in [1.82, 2.24) is 0 Å². The van der Waals surface area contributed by atoms with Gasteiger partial charge in [-0.1, -0.05) is 40.2 Å². The van der Waals surface area contributed by atoms with Crippen LogP contribution in [0, 0.1) is 0 Å². The highest BCUT2D eigenvalue weighted by molar-refractivity contribution is 9.10. The first kappa shape index (κ1) is 24.5. The second kappa shape index (κ2) is 9.96. The van der Waals surface area contributed by atoms with E-state index < -0.39 is 17.7 Å². The van der Waals surface area contributed by atoms with E-state index in [9.17, 15) is 14.7 Å². The molecule has 1 amide bonds. The Hall–Kier alpha value is -3.58. The minimum Gasteiger partial charge on any atom is -0.507 e. The van der Waals surface area contributed by atoms with Crippen molar-refractivity contribution in [2.24, 2.45) is 0 Å². The van der Waals surface area contributed by atoms with Crippen LogP contribution in [0.3, 0.4) is 0 Å². The summed E-state index contributed by atoms with van der Waals surface area (Å²) in [5.41, 5.74) is 2.73. The Morgan fingerprint density at radius 3 is 2.09 bits per heavy atom. The highest BCUT2D eigenvalue weighted by atomic mass is 79.9. The number of ether oxygens (including phenoxy) is 1. The molecule has 4 rings (SSSR count). The Morgan fingerprint density at radius 2 is 1.54 bits per heavy atom. The third kappa shape index (κ3) is 4.95. The molecule has 6 nitrogen and oxygen atoms in total. The zero-order valence-corrected chi connectivity index (χ0v) is 21.6. The van der Waals surface area contributed by atoms with E-state index in [4.69, 9.17) is 4.74 Å². The molecule has 7 heteroatoms. The van der Waals surface area contributed by atoms with Crippen molar-refractivity contribution in [1.29, 1.82) is 0 Å². The van der Waals surface area contributed by atoms with E-state index in [0.29, 0.717) is 22.6 Å². The SMILES string of the molecule is CC(C)Oc1ccc(C2/C(=C(\O)c3ccc(Br)cc3)C(=O)C(=O)N2c2ccc(N(C)C)cc2)cc1. The molecule has 3 aromatic rings. The molecule has 1 aliphatic heterocycles. The Kier molecular flexibility index (Phi) is 6.98. The lowest BCUT2D eigenvalue weighted by Gasteiger charge is -2.26. The predicted molar refractivity (Wildman–Crippen MR) is 142 cm³/mol. The summed E-state index contributed by atoms with van der Waals surface area (Å²) in [6.45, 7) is 3.89. The lowest BCUT2D eigenvalue weighted by molar-refractivity contribution is -0.132. The highest BCUT2D eigenvalue weighted by Crippen LogP contribution is 2.42. The van der Waals surface area contributed by atoms with Gasteiger partial charge in [0.15, 0.2) is 0 Å². The number of ketones is 1. The molecule has 180 valence electrons. The highest BCUT2D eigenvalue weighted by Gasteiger charge is 2.47. The van der Waals surface area contributed by atoms with E-state index in [1.54, 1.807) is 24.3 Å². The molecule has 0 bridgehead atoms. The molecule has 1 N–H and O–H groups in total. The molecule has 0 aromatic heterocycles. The number of rotatable bonds is 6. The summed E-state index contributed by atoms with van der Waals surface area (Å²) in [7, 11) is 3.86. The molecular weight excluding hydrogens is 508 g/mol. The van der Waals surface area contributed by atoms with Crippen LogP contribution in [0.15, 0.2) is 82.8 Å². The molecule has 1 saturated heterocycles. The average molecular weight is 535 g/mol. The molecule has 0 radical (unpaired) electrons. The minimum atomic E-state index is -0.794. The number of Topliss-reactive ketones (excluding diaryl/α,β-unsaturated/α-hetero) is 1. The number of hydrogen-bond donors (Lipinski definition) is 1. The molecule has 1 aliphatic rings. The van der Waals surface area contributed by atoms with E-state index in [-0.39, 0.29) is 17.4 Å². The molecule has 3 aromatic carbocycles. The number of nitrogens with zero attached hydrogens (tertiary/aromatic N) is 2. The van der Waals surface area contributed by atoms with Crippen molar-refractivity contribution in [3.63, 3.8) is 0 Å². The van der Waals surface area contributed by atoms with E-state index in [1.165, 1.54) is 4.90 Å². The van der Waals surface area contributed by atoms with Crippen LogP contribution in [-0.2, 0) is 9.59 Å². The maximum atomic E-state index is 13.3. The first-order valence-corrected chi connectivity index (χ1v) is 12.1. The van der Waals surface area contributed by atoms with Crippen LogP contribution in [0.2, 0.25) is 0 Å². The monoisotopic (exact) mass is 534 g/mol. The summed E-state index contributed by atoms with van der Waals surface area (Å²) in [5, 5.41) is 11.2. The number of halogens is 1. The van der Waals surface area contributed by atoms with Crippen LogP contribution >= 0.6 is 15.9 Å². The molecule has 1 unspecified atom stereocenters. The van der Waals surface area contributed by atoms with Gasteiger partial charge < -0.3 is 14.7 Å². The normalized spacial score (nSPS) is 17.2. The van der Waals surface area contributed by atoms with Crippen LogP contribution < -0.4 is 14.5 Å². The summed E-state index contributed by atoms with van der Waals surface area (Å²) in [4.78, 5) is 30.0. The largest absolute Gasteiger partial charge is 0.507 e. The number of carbonyl (C=O) groups is 2. The number of benzene rings is 3. The number of anilines is 2. The van der Waals surface area contributed by atoms with Crippen molar-refractivity contribution in [2.75, 3.05) is 23.9 Å². The van der Waals surface area contributed by atoms with Gasteiger partial charge in [0.05, 0.1) is 17.7 Å². The van der Waals surface area contributed by atoms with E-state index in [0.717, 1.165) is 10.2 Å². The molecule has 35 heavy (non-hydrogen) atoms. The minimum absolute atomic E-state index is 0.0131. The molecule has 1 atom stereocenters. The van der Waals surface area contributed by atoms with Gasteiger partial charge in [-0.05, 0) is 67.9 Å². The van der Waals surface area contributed by atoms with Crippen LogP contribution in [0.1, 0.15) is 31.0 Å². The second-order valence-corrected chi connectivity index (χ2v) is 9.74. The smallest absolute Gasteiger partial charge is 0.300 e. The number of aliphatic hydroxyl groups is 1. The summed E-state index contributed by atoms with van der Waals surface area (Å²) in [6, 6.07) is 20.8. The Morgan fingerprint density at radius 1 is 0.943 bits per heavy atom. The van der Waals surface area contributed by atoms with Gasteiger partial charge in [-0.2, -0.15) is 0 Å². The van der Waals surface area contributed by atoms with Crippen LogP contribution in [0.25, 0.3) is 5.76 Å². The van der Waals surface area contributed by atoms with Crippen molar-refractivity contribution >= 4 is 44.8 Å². The standard InChI is InChI=1S/C28H27BrN2O4/c1-17(2)35-23-15-7-18(8-16-23)25-24(26(32)19-5-9-20(29)10-6-19)27(33)28(34)31(25)22-13-11-21(12-14-22)30(3)4/h5-17,25,32H,1-4H3/b26-24+. The predicted octanol–water partition coefficient (Wildman–Crippen LogP) is 5.93. The zero-order chi connectivity index (χ0) is 25.3. The van der Waals surface area contributed by atoms with Gasteiger partial charge >= 0.3 is 0 Å². The number of amides is 1. The number of hydrogen-bond acceptors (Lipinski definition) is 5. The lowest BCUT2D eigenvalue weighted by Crippen LogP contribution is -2.29. The van der Waals surface area contributed by atoms with E-state index >= 15 is 0 Å². The Balaban J connectivity index is 1.86. The van der Waals surface area contributed by atoms with Gasteiger partial charge in [-0.3, -0.25) is 14.5 Å². The van der Waals surface area contributed by atoms with Gasteiger partial charge in [-0.15, -0.1) is 0 Å². The summed E-state index contributed by atoms with van der Waals surface area (Å²) >= 11 is 3.39. The number of aliphatic hydroxyl groups excluding tert-OH is 1. The molecule has 1 fully saturated rings. The molecule has 0 spiro atoms. The van der Waals surface area contributed by atoms with Crippen molar-refractivity contribution in [3.8, 4) is 5.75 Å². The van der Waals surface area contributed by atoms with Gasteiger partial charge in [-0.25, -0.2) is 0 Å². The van der Waals surface area contributed by atoms with Gasteiger partial charge in [0, 0.05) is 35.5 Å². The fraction of sp³-hybridized carbons (Fsp3) is 0.214. The average Bonchev–Trinajstić information content (AvgIpc) is 3.09. The first-order chi connectivity index (χ1) is 16.7. The third-order valence-electron chi connectivity index (χ3n) is 5.77. The van der Waals surface area contributed by atoms with E-state index in [2.05, 4.69) is 15.9 Å². The first-order valence-electron chi connectivity index (χ1n) is 11.3. The van der Waals surface area contributed by atoms with E-state index in [1.807, 2.05) is 81.4 Å². The third-order valence-corrected chi connectivity index (χ3v) is 6.30. The fourth-order valence-electron chi connectivity index (χ4n) is 4.09. The van der Waals surface area contributed by atoms with Crippen LogP contribution in [-0.4, -0.2) is 37.0 Å². The number of carbonyl (C=O) groups excluding carboxylic acids is 2. The van der Waals surface area contributed by atoms with Crippen LogP contribution in [0.4, 0.5) is 11.4 Å². The zero-order valence-electron chi connectivity index (χ0n) is 20.0. The topological polar surface area (TPSA) is 70.1 Å². The van der Waals surface area contributed by atoms with Crippen molar-refractivity contribution < 1.29 is 19.4 Å². The Labute approximate surface area is 213 Å². The molecular formula is C28H27BrN2O4. The van der Waals surface area contributed by atoms with Crippen molar-refractivity contribution in [3.05, 3.63) is 94.0 Å². The molecule has 0 aliphatic carbocycles. The van der Waals surface area contributed by atoms with Crippen LogP contribution in [0.5, 0.6) is 5.75 Å². The quantitative estimate of drug-likeness (QED) is 0.241. The lowest BCUT2D eigenvalue weighted by atomic mass is 9.95. The molecule has 0 saturated carbocycles. The maximum Gasteiger partial charge on any atom is 0.300 e. The van der Waals surface area contributed by atoms with Crippen molar-refractivity contribution in [2.45, 2.75) is 26.0 Å². The summed E-state index contributed by atoms with van der Waals surface area (Å²) < 4.78 is 6.60. The summed E-state index contributed by atoms with van der Waals surface area (Å²) in [6.07, 6.45) is 0.0131. The van der Waals surface area contributed by atoms with Gasteiger partial charge in [0.25, 0.3) is 11.7 Å². The maximum absolute atomic E-state index is 13.3. The second-order valence-electron chi connectivity index (χ2n) is 8.82.